The van der Waals surface area contributed by atoms with Crippen LogP contribution in [0.1, 0.15) is 0 Å². The average Bonchev–Trinajstić information content (AvgIpc) is 2.67. The van der Waals surface area contributed by atoms with E-state index < -0.39 is 41.0 Å². The first kappa shape index (κ1) is 18.1. The molecule has 1 unspecified atom stereocenters. The van der Waals surface area contributed by atoms with E-state index >= 15 is 0 Å². The summed E-state index contributed by atoms with van der Waals surface area (Å²) >= 11 is 0. The molecule has 0 spiro atoms. The summed E-state index contributed by atoms with van der Waals surface area (Å²) in [5, 5.41) is 13.1. The number of para-hydroxylation sites is 2. The van der Waals surface area contributed by atoms with Gasteiger partial charge in [0.05, 0.1) is 11.0 Å². The molecule has 0 fully saturated rings. The molecule has 1 aliphatic rings. The van der Waals surface area contributed by atoms with E-state index in [2.05, 4.69) is 5.32 Å². The molecule has 1 heterocycles. The molecular formula is C17H13FN2O7. The number of nitrogens with zero attached hydrogens (tertiary/aromatic N) is 1. The molecule has 1 atom stereocenters. The normalized spacial score (nSPS) is 14.9. The quantitative estimate of drug-likeness (QED) is 0.482. The fourth-order valence-electron chi connectivity index (χ4n) is 2.31. The van der Waals surface area contributed by atoms with Crippen molar-refractivity contribution in [2.24, 2.45) is 0 Å². The van der Waals surface area contributed by atoms with Gasteiger partial charge in [-0.3, -0.25) is 14.9 Å². The van der Waals surface area contributed by atoms with E-state index in [4.69, 9.17) is 14.2 Å². The minimum Gasteiger partial charge on any atom is -0.485 e. The van der Waals surface area contributed by atoms with Gasteiger partial charge in [0, 0.05) is 0 Å². The predicted octanol–water partition coefficient (Wildman–Crippen LogP) is 2.06. The highest BCUT2D eigenvalue weighted by molar-refractivity contribution is 5.95. The van der Waals surface area contributed by atoms with Gasteiger partial charge in [-0.1, -0.05) is 12.1 Å². The van der Waals surface area contributed by atoms with Crippen molar-refractivity contribution in [1.29, 1.82) is 0 Å². The van der Waals surface area contributed by atoms with Crippen LogP contribution in [0.3, 0.4) is 0 Å². The molecule has 3 rings (SSSR count). The number of carbonyl (C=O) groups is 2. The van der Waals surface area contributed by atoms with Gasteiger partial charge < -0.3 is 19.5 Å². The lowest BCUT2D eigenvalue weighted by atomic mass is 10.2. The third-order valence-electron chi connectivity index (χ3n) is 3.55. The number of nitro groups is 1. The Morgan fingerprint density at radius 1 is 1.26 bits per heavy atom. The monoisotopic (exact) mass is 376 g/mol. The van der Waals surface area contributed by atoms with Gasteiger partial charge in [0.15, 0.2) is 18.1 Å². The molecule has 9 nitrogen and oxygen atoms in total. The predicted molar refractivity (Wildman–Crippen MR) is 89.0 cm³/mol. The third kappa shape index (κ3) is 4.29. The van der Waals surface area contributed by atoms with Crippen LogP contribution in [-0.4, -0.2) is 36.1 Å². The fraction of sp³-hybridized carbons (Fsp3) is 0.176. The van der Waals surface area contributed by atoms with Crippen LogP contribution in [0.4, 0.5) is 15.8 Å². The van der Waals surface area contributed by atoms with Crippen LogP contribution in [0.5, 0.6) is 11.5 Å². The van der Waals surface area contributed by atoms with Crippen LogP contribution in [0.25, 0.3) is 0 Å². The van der Waals surface area contributed by atoms with Gasteiger partial charge in [-0.15, -0.1) is 0 Å². The molecule has 0 radical (unpaired) electrons. The number of esters is 1. The highest BCUT2D eigenvalue weighted by Gasteiger charge is 2.29. The average molecular weight is 376 g/mol. The second-order valence-electron chi connectivity index (χ2n) is 5.44. The lowest BCUT2D eigenvalue weighted by Crippen LogP contribution is -2.39. The van der Waals surface area contributed by atoms with Crippen molar-refractivity contribution in [2.45, 2.75) is 6.10 Å². The Kier molecular flexibility index (Phi) is 5.15. The molecule has 140 valence electrons. The van der Waals surface area contributed by atoms with Crippen molar-refractivity contribution in [3.05, 3.63) is 58.4 Å². The van der Waals surface area contributed by atoms with Crippen LogP contribution in [0.15, 0.2) is 42.5 Å². The van der Waals surface area contributed by atoms with Gasteiger partial charge in [0.25, 0.3) is 11.6 Å². The Bertz CT molecular complexity index is 903. The van der Waals surface area contributed by atoms with Gasteiger partial charge in [0.1, 0.15) is 18.1 Å². The standard InChI is InChI=1S/C17H13FN2O7/c18-10-5-6-11(12(7-10)20(23)24)19-16(21)9-26-17(22)15-8-25-13-3-1-2-4-14(13)27-15/h1-7,15H,8-9H2,(H,19,21). The highest BCUT2D eigenvalue weighted by Crippen LogP contribution is 2.31. The zero-order chi connectivity index (χ0) is 19.4. The largest absolute Gasteiger partial charge is 0.485 e. The molecule has 2 aromatic rings. The van der Waals surface area contributed by atoms with Crippen LogP contribution in [-0.2, 0) is 14.3 Å². The molecule has 2 aromatic carbocycles. The maximum Gasteiger partial charge on any atom is 0.351 e. The van der Waals surface area contributed by atoms with Crippen molar-refractivity contribution >= 4 is 23.3 Å². The number of halogens is 1. The number of hydrogen-bond donors (Lipinski definition) is 1. The molecule has 1 amide bonds. The fourth-order valence-corrected chi connectivity index (χ4v) is 2.31. The summed E-state index contributed by atoms with van der Waals surface area (Å²) in [5.74, 6) is -1.61. The first-order valence-electron chi connectivity index (χ1n) is 7.73. The van der Waals surface area contributed by atoms with Gasteiger partial charge >= 0.3 is 5.97 Å². The van der Waals surface area contributed by atoms with E-state index in [1.165, 1.54) is 0 Å². The van der Waals surface area contributed by atoms with E-state index in [9.17, 15) is 24.1 Å². The molecule has 27 heavy (non-hydrogen) atoms. The molecule has 1 N–H and O–H groups in total. The van der Waals surface area contributed by atoms with Crippen LogP contribution in [0.2, 0.25) is 0 Å². The van der Waals surface area contributed by atoms with E-state index in [-0.39, 0.29) is 12.3 Å². The second kappa shape index (κ2) is 7.68. The summed E-state index contributed by atoms with van der Waals surface area (Å²) in [5.41, 5.74) is -0.830. The van der Waals surface area contributed by atoms with E-state index in [1.54, 1.807) is 24.3 Å². The number of hydrogen-bond acceptors (Lipinski definition) is 7. The summed E-state index contributed by atoms with van der Waals surface area (Å²) in [4.78, 5) is 34.0. The molecule has 1 aliphatic heterocycles. The first-order valence-corrected chi connectivity index (χ1v) is 7.73. The van der Waals surface area contributed by atoms with Crippen LogP contribution < -0.4 is 14.8 Å². The van der Waals surface area contributed by atoms with Crippen molar-refractivity contribution in [1.82, 2.24) is 0 Å². The van der Waals surface area contributed by atoms with Crippen LogP contribution >= 0.6 is 0 Å². The lowest BCUT2D eigenvalue weighted by molar-refractivity contribution is -0.384. The highest BCUT2D eigenvalue weighted by atomic mass is 19.1. The van der Waals surface area contributed by atoms with E-state index in [0.29, 0.717) is 17.6 Å². The molecule has 0 saturated carbocycles. The number of ether oxygens (including phenoxy) is 3. The zero-order valence-corrected chi connectivity index (χ0v) is 13.7. The number of anilines is 1. The molecular weight excluding hydrogens is 363 g/mol. The maximum atomic E-state index is 13.1. The summed E-state index contributed by atoms with van der Waals surface area (Å²) in [6.45, 7) is -0.782. The van der Waals surface area contributed by atoms with Crippen LogP contribution in [0, 0.1) is 15.9 Å². The van der Waals surface area contributed by atoms with Gasteiger partial charge in [0.2, 0.25) is 6.10 Å². The maximum absolute atomic E-state index is 13.1. The Hall–Kier alpha value is -3.69. The van der Waals surface area contributed by atoms with Crippen molar-refractivity contribution < 1.29 is 33.1 Å². The van der Waals surface area contributed by atoms with E-state index in [0.717, 1.165) is 12.1 Å². The first-order chi connectivity index (χ1) is 12.9. The summed E-state index contributed by atoms with van der Waals surface area (Å²) in [7, 11) is 0. The number of fused-ring (bicyclic) bond motifs is 1. The topological polar surface area (TPSA) is 117 Å². The van der Waals surface area contributed by atoms with Gasteiger partial charge in [-0.05, 0) is 24.3 Å². The smallest absolute Gasteiger partial charge is 0.351 e. The SMILES string of the molecule is O=C(COC(=O)C1COc2ccccc2O1)Nc1ccc(F)cc1[N+](=O)[O-]. The Balaban J connectivity index is 1.56. The molecule has 10 heteroatoms. The molecule has 0 saturated heterocycles. The van der Waals surface area contributed by atoms with Crippen molar-refractivity contribution in [2.75, 3.05) is 18.5 Å². The van der Waals surface area contributed by atoms with Gasteiger partial charge in [-0.25, -0.2) is 9.18 Å². The minimum atomic E-state index is -1.05. The number of nitro benzene ring substituents is 1. The minimum absolute atomic E-state index is 0.0824. The number of nitrogens with one attached hydrogen (secondary N) is 1. The second-order valence-corrected chi connectivity index (χ2v) is 5.44. The number of benzene rings is 2. The summed E-state index contributed by atoms with van der Waals surface area (Å²) in [6, 6.07) is 9.43. The zero-order valence-electron chi connectivity index (χ0n) is 13.7. The number of amides is 1. The van der Waals surface area contributed by atoms with Crippen molar-refractivity contribution in [3.63, 3.8) is 0 Å². The Morgan fingerprint density at radius 2 is 2.00 bits per heavy atom. The number of carbonyl (C=O) groups excluding carboxylic acids is 2. The Morgan fingerprint density at radius 3 is 2.74 bits per heavy atom. The number of rotatable bonds is 5. The van der Waals surface area contributed by atoms with E-state index in [1.807, 2.05) is 0 Å². The van der Waals surface area contributed by atoms with Crippen molar-refractivity contribution in [3.8, 4) is 11.5 Å². The summed E-state index contributed by atoms with van der Waals surface area (Å²) in [6.07, 6.45) is -1.05. The molecule has 0 bridgehead atoms. The molecule has 0 aliphatic carbocycles. The Labute approximate surface area is 151 Å². The summed E-state index contributed by atoms with van der Waals surface area (Å²) < 4.78 is 28.8. The molecule has 0 aromatic heterocycles. The van der Waals surface area contributed by atoms with Gasteiger partial charge in [-0.2, -0.15) is 0 Å². The third-order valence-corrected chi connectivity index (χ3v) is 3.55. The lowest BCUT2D eigenvalue weighted by Gasteiger charge is -2.24.